The zero-order valence-electron chi connectivity index (χ0n) is 21.6. The van der Waals surface area contributed by atoms with Crippen molar-refractivity contribution in [1.29, 1.82) is 0 Å². The number of halogens is 4. The van der Waals surface area contributed by atoms with Gasteiger partial charge in [-0.15, -0.1) is 0 Å². The second-order valence-corrected chi connectivity index (χ2v) is 9.53. The van der Waals surface area contributed by atoms with Gasteiger partial charge in [-0.3, -0.25) is 19.1 Å². The Morgan fingerprint density at radius 3 is 2.39 bits per heavy atom. The van der Waals surface area contributed by atoms with Crippen LogP contribution in [-0.4, -0.2) is 46.3 Å². The number of hydrogen-bond acceptors (Lipinski definition) is 4. The van der Waals surface area contributed by atoms with Crippen molar-refractivity contribution in [3.05, 3.63) is 47.5 Å². The Morgan fingerprint density at radius 1 is 1.13 bits per heavy atom. The number of rotatable bonds is 11. The molecule has 0 radical (unpaired) electrons. The van der Waals surface area contributed by atoms with Crippen LogP contribution in [-0.2, 0) is 16.1 Å². The smallest absolute Gasteiger partial charge is 0.346 e. The topological polar surface area (TPSA) is 105 Å². The van der Waals surface area contributed by atoms with Crippen LogP contribution in [0.1, 0.15) is 68.4 Å². The number of hydrogen-bond donors (Lipinski definition) is 3. The number of aryl methyl sites for hydroxylation is 1. The maximum absolute atomic E-state index is 15.0. The third kappa shape index (κ3) is 7.11. The molecule has 0 saturated heterocycles. The molecule has 208 valence electrons. The molecule has 2 aromatic rings. The SMILES string of the molecule is CC[C@H](C1CCC1)[C@H](NC(=O)c1ccnn1CC)C(=O)Nc1ccc([C@H](C)C(=O)NCC(F)(F)F)cc1F. The third-order valence-corrected chi connectivity index (χ3v) is 7.08. The number of benzene rings is 1. The van der Waals surface area contributed by atoms with Crippen molar-refractivity contribution in [2.75, 3.05) is 11.9 Å². The fraction of sp³-hybridized carbons (Fsp3) is 0.538. The van der Waals surface area contributed by atoms with E-state index in [1.54, 1.807) is 11.4 Å². The van der Waals surface area contributed by atoms with E-state index in [-0.39, 0.29) is 23.1 Å². The highest BCUT2D eigenvalue weighted by atomic mass is 19.4. The van der Waals surface area contributed by atoms with E-state index in [0.717, 1.165) is 25.3 Å². The predicted octanol–water partition coefficient (Wildman–Crippen LogP) is 4.39. The van der Waals surface area contributed by atoms with Gasteiger partial charge in [0.05, 0.1) is 11.6 Å². The molecule has 1 aliphatic carbocycles. The van der Waals surface area contributed by atoms with Crippen molar-refractivity contribution in [1.82, 2.24) is 20.4 Å². The Balaban J connectivity index is 1.76. The molecule has 1 aromatic heterocycles. The molecule has 3 rings (SSSR count). The van der Waals surface area contributed by atoms with Crippen LogP contribution < -0.4 is 16.0 Å². The van der Waals surface area contributed by atoms with Gasteiger partial charge in [-0.25, -0.2) is 4.39 Å². The summed E-state index contributed by atoms with van der Waals surface area (Å²) in [7, 11) is 0. The summed E-state index contributed by atoms with van der Waals surface area (Å²) >= 11 is 0. The molecule has 38 heavy (non-hydrogen) atoms. The molecule has 0 bridgehead atoms. The molecule has 0 unspecified atom stereocenters. The highest BCUT2D eigenvalue weighted by Gasteiger charge is 2.37. The second-order valence-electron chi connectivity index (χ2n) is 9.53. The van der Waals surface area contributed by atoms with Crippen LogP contribution in [0, 0.1) is 17.7 Å². The summed E-state index contributed by atoms with van der Waals surface area (Å²) in [5.41, 5.74) is 0.295. The molecule has 3 atom stereocenters. The molecule has 8 nitrogen and oxygen atoms in total. The lowest BCUT2D eigenvalue weighted by Gasteiger charge is -2.37. The number of alkyl halides is 3. The average molecular weight is 540 g/mol. The number of aromatic nitrogens is 2. The summed E-state index contributed by atoms with van der Waals surface area (Å²) in [5.74, 6) is -3.76. The summed E-state index contributed by atoms with van der Waals surface area (Å²) in [6.07, 6.45) is 0.467. The maximum Gasteiger partial charge on any atom is 0.405 e. The van der Waals surface area contributed by atoms with Crippen molar-refractivity contribution in [3.63, 3.8) is 0 Å². The number of anilines is 1. The molecule has 12 heteroatoms. The van der Waals surface area contributed by atoms with Gasteiger partial charge < -0.3 is 16.0 Å². The van der Waals surface area contributed by atoms with Gasteiger partial charge in [0.1, 0.15) is 24.1 Å². The largest absolute Gasteiger partial charge is 0.405 e. The Labute approximate surface area is 218 Å². The van der Waals surface area contributed by atoms with E-state index in [2.05, 4.69) is 15.7 Å². The van der Waals surface area contributed by atoms with E-state index in [1.807, 2.05) is 13.8 Å². The van der Waals surface area contributed by atoms with Crippen LogP contribution in [0.15, 0.2) is 30.5 Å². The lowest BCUT2D eigenvalue weighted by molar-refractivity contribution is -0.139. The van der Waals surface area contributed by atoms with Gasteiger partial charge in [-0.2, -0.15) is 18.3 Å². The first-order chi connectivity index (χ1) is 17.9. The molecule has 1 aliphatic rings. The minimum atomic E-state index is -4.56. The Bertz CT molecular complexity index is 1150. The van der Waals surface area contributed by atoms with E-state index < -0.39 is 48.2 Å². The van der Waals surface area contributed by atoms with Crippen LogP contribution in [0.2, 0.25) is 0 Å². The van der Waals surface area contributed by atoms with Crippen LogP contribution in [0.4, 0.5) is 23.2 Å². The summed E-state index contributed by atoms with van der Waals surface area (Å²) in [5, 5.41) is 11.2. The summed E-state index contributed by atoms with van der Waals surface area (Å²) in [4.78, 5) is 38.5. The Kier molecular flexibility index (Phi) is 9.50. The van der Waals surface area contributed by atoms with Gasteiger partial charge in [0, 0.05) is 12.7 Å². The maximum atomic E-state index is 15.0. The van der Waals surface area contributed by atoms with Crippen molar-refractivity contribution in [2.24, 2.45) is 11.8 Å². The van der Waals surface area contributed by atoms with Gasteiger partial charge >= 0.3 is 6.18 Å². The van der Waals surface area contributed by atoms with E-state index >= 15 is 0 Å². The Hall–Kier alpha value is -3.44. The van der Waals surface area contributed by atoms with E-state index in [9.17, 15) is 31.9 Å². The van der Waals surface area contributed by atoms with E-state index in [1.165, 1.54) is 29.9 Å². The fourth-order valence-corrected chi connectivity index (χ4v) is 4.67. The van der Waals surface area contributed by atoms with Gasteiger partial charge in [-0.1, -0.05) is 38.7 Å². The summed E-state index contributed by atoms with van der Waals surface area (Å²) in [6.45, 7) is 4.11. The minimum Gasteiger partial charge on any atom is -0.346 e. The van der Waals surface area contributed by atoms with Crippen molar-refractivity contribution >= 4 is 23.4 Å². The summed E-state index contributed by atoms with van der Waals surface area (Å²) in [6, 6.07) is 4.26. The van der Waals surface area contributed by atoms with Crippen LogP contribution in [0.3, 0.4) is 0 Å². The normalized spacial score (nSPS) is 16.2. The average Bonchev–Trinajstić information content (AvgIpc) is 3.32. The number of carbonyl (C=O) groups is 3. The molecule has 3 N–H and O–H groups in total. The molecular formula is C26H33F4N5O3. The van der Waals surface area contributed by atoms with Crippen molar-refractivity contribution in [2.45, 2.75) is 71.1 Å². The first-order valence-corrected chi connectivity index (χ1v) is 12.7. The second kappa shape index (κ2) is 12.4. The van der Waals surface area contributed by atoms with Crippen molar-refractivity contribution in [3.8, 4) is 0 Å². The van der Waals surface area contributed by atoms with Gasteiger partial charge in [-0.05, 0) is 49.4 Å². The number of nitrogens with one attached hydrogen (secondary N) is 3. The first-order valence-electron chi connectivity index (χ1n) is 12.7. The van der Waals surface area contributed by atoms with Crippen LogP contribution in [0.5, 0.6) is 0 Å². The number of amides is 3. The zero-order valence-corrected chi connectivity index (χ0v) is 21.6. The lowest BCUT2D eigenvalue weighted by atomic mass is 9.71. The lowest BCUT2D eigenvalue weighted by Crippen LogP contribution is -2.51. The molecule has 1 heterocycles. The zero-order chi connectivity index (χ0) is 28.0. The molecule has 1 aromatic carbocycles. The quantitative estimate of drug-likeness (QED) is 0.369. The molecule has 0 aliphatic heterocycles. The van der Waals surface area contributed by atoms with Gasteiger partial charge in [0.25, 0.3) is 5.91 Å². The van der Waals surface area contributed by atoms with Crippen molar-refractivity contribution < 1.29 is 31.9 Å². The minimum absolute atomic E-state index is 0.152. The molecular weight excluding hydrogens is 506 g/mol. The standard InChI is InChI=1S/C26H33F4N5O3/c1-4-18(16-7-6-8-16)22(34-24(37)21-11-12-32-35(21)5-2)25(38)33-20-10-9-17(13-19(20)27)15(3)23(36)31-14-26(28,29)30/h9-13,15-16,18,22H,4-8,14H2,1-3H3,(H,31,36)(H,33,38)(H,34,37)/t15-,18+,22-/m0/s1. The van der Waals surface area contributed by atoms with Gasteiger partial charge in [0.15, 0.2) is 0 Å². The molecule has 1 saturated carbocycles. The Morgan fingerprint density at radius 2 is 1.84 bits per heavy atom. The van der Waals surface area contributed by atoms with E-state index in [0.29, 0.717) is 18.7 Å². The number of nitrogens with zero attached hydrogens (tertiary/aromatic N) is 2. The van der Waals surface area contributed by atoms with Gasteiger partial charge in [0.2, 0.25) is 11.8 Å². The van der Waals surface area contributed by atoms with Crippen LogP contribution >= 0.6 is 0 Å². The molecule has 1 fully saturated rings. The van der Waals surface area contributed by atoms with Crippen LogP contribution in [0.25, 0.3) is 0 Å². The first kappa shape index (κ1) is 29.1. The fourth-order valence-electron chi connectivity index (χ4n) is 4.67. The molecule has 0 spiro atoms. The highest BCUT2D eigenvalue weighted by Crippen LogP contribution is 2.37. The summed E-state index contributed by atoms with van der Waals surface area (Å²) < 4.78 is 53.7. The van der Waals surface area contributed by atoms with E-state index in [4.69, 9.17) is 0 Å². The monoisotopic (exact) mass is 539 g/mol. The third-order valence-electron chi connectivity index (χ3n) is 7.08. The number of carbonyl (C=O) groups excluding carboxylic acids is 3. The predicted molar refractivity (Wildman–Crippen MR) is 133 cm³/mol. The molecule has 3 amide bonds. The highest BCUT2D eigenvalue weighted by molar-refractivity contribution is 6.00.